The fraction of sp³-hybridized carbons (Fsp3) is 0.111. The number of aryl methyl sites for hydroxylation is 1. The van der Waals surface area contributed by atoms with Gasteiger partial charge in [0, 0.05) is 18.7 Å². The molecule has 0 saturated carbocycles. The third-order valence-electron chi connectivity index (χ3n) is 3.69. The number of benzene rings is 2. The molecule has 1 aromatic heterocycles. The molecular formula is C18H14N4O5S. The van der Waals surface area contributed by atoms with Crippen molar-refractivity contribution in [3.63, 3.8) is 0 Å². The minimum absolute atomic E-state index is 0.0186. The molecule has 28 heavy (non-hydrogen) atoms. The molecule has 3 rings (SSSR count). The highest BCUT2D eigenvalue weighted by molar-refractivity contribution is 7.99. The van der Waals surface area contributed by atoms with Gasteiger partial charge in [0.1, 0.15) is 6.33 Å². The number of Topliss-reactive ketones (excluding diaryl/α,β-unsaturated/α-hetero) is 1. The SMILES string of the molecule is Cn1cnnc1Sc1ccc(C(=O)OCC(=O)c2ccccc2)cc1[N+](=O)[O-]. The van der Waals surface area contributed by atoms with Crippen molar-refractivity contribution in [2.45, 2.75) is 10.1 Å². The largest absolute Gasteiger partial charge is 0.454 e. The van der Waals surface area contributed by atoms with Gasteiger partial charge in [-0.2, -0.15) is 0 Å². The van der Waals surface area contributed by atoms with Gasteiger partial charge in [0.05, 0.1) is 15.4 Å². The van der Waals surface area contributed by atoms with Crippen LogP contribution in [0.25, 0.3) is 0 Å². The highest BCUT2D eigenvalue weighted by atomic mass is 32.2. The van der Waals surface area contributed by atoms with Crippen molar-refractivity contribution in [2.24, 2.45) is 7.05 Å². The molecule has 0 amide bonds. The highest BCUT2D eigenvalue weighted by Gasteiger charge is 2.21. The normalized spacial score (nSPS) is 10.5. The molecule has 0 aliphatic rings. The maximum absolute atomic E-state index is 12.2. The van der Waals surface area contributed by atoms with Gasteiger partial charge in [-0.15, -0.1) is 10.2 Å². The molecule has 10 heteroatoms. The van der Waals surface area contributed by atoms with E-state index in [1.807, 2.05) is 0 Å². The summed E-state index contributed by atoms with van der Waals surface area (Å²) in [5, 5.41) is 19.5. The van der Waals surface area contributed by atoms with Crippen LogP contribution in [0.4, 0.5) is 5.69 Å². The maximum atomic E-state index is 12.2. The van der Waals surface area contributed by atoms with Crippen molar-refractivity contribution < 1.29 is 19.2 Å². The number of carbonyl (C=O) groups is 2. The third kappa shape index (κ3) is 4.41. The van der Waals surface area contributed by atoms with E-state index in [1.165, 1.54) is 18.5 Å². The monoisotopic (exact) mass is 398 g/mol. The third-order valence-corrected chi connectivity index (χ3v) is 4.81. The first-order chi connectivity index (χ1) is 13.5. The van der Waals surface area contributed by atoms with Crippen molar-refractivity contribution in [1.82, 2.24) is 14.8 Å². The summed E-state index contributed by atoms with van der Waals surface area (Å²) >= 11 is 1.05. The number of nitro groups is 1. The zero-order valence-electron chi connectivity index (χ0n) is 14.6. The minimum Gasteiger partial charge on any atom is -0.454 e. The van der Waals surface area contributed by atoms with Gasteiger partial charge < -0.3 is 9.30 Å². The van der Waals surface area contributed by atoms with E-state index in [4.69, 9.17) is 4.74 Å². The highest BCUT2D eigenvalue weighted by Crippen LogP contribution is 2.34. The number of hydrogen-bond acceptors (Lipinski definition) is 8. The van der Waals surface area contributed by atoms with Crippen molar-refractivity contribution >= 4 is 29.2 Å². The van der Waals surface area contributed by atoms with Crippen LogP contribution >= 0.6 is 11.8 Å². The molecule has 0 atom stereocenters. The molecule has 0 aliphatic heterocycles. The topological polar surface area (TPSA) is 117 Å². The summed E-state index contributed by atoms with van der Waals surface area (Å²) in [6.07, 6.45) is 1.48. The van der Waals surface area contributed by atoms with Gasteiger partial charge in [0.25, 0.3) is 5.69 Å². The number of esters is 1. The molecule has 3 aromatic rings. The Balaban J connectivity index is 1.74. The second kappa shape index (κ2) is 8.44. The van der Waals surface area contributed by atoms with Crippen LogP contribution in [0, 0.1) is 10.1 Å². The Labute approximate surface area is 163 Å². The number of carbonyl (C=O) groups excluding carboxylic acids is 2. The van der Waals surface area contributed by atoms with Crippen LogP contribution in [0.15, 0.2) is 64.9 Å². The van der Waals surface area contributed by atoms with E-state index in [9.17, 15) is 19.7 Å². The summed E-state index contributed by atoms with van der Waals surface area (Å²) in [4.78, 5) is 35.3. The van der Waals surface area contributed by atoms with Gasteiger partial charge in [-0.05, 0) is 23.9 Å². The van der Waals surface area contributed by atoms with Gasteiger partial charge in [-0.3, -0.25) is 14.9 Å². The van der Waals surface area contributed by atoms with E-state index in [-0.39, 0.29) is 17.0 Å². The Bertz CT molecular complexity index is 1040. The Morgan fingerprint density at radius 1 is 1.18 bits per heavy atom. The maximum Gasteiger partial charge on any atom is 0.338 e. The zero-order valence-corrected chi connectivity index (χ0v) is 15.5. The van der Waals surface area contributed by atoms with Gasteiger partial charge in [0.2, 0.25) is 0 Å². The summed E-state index contributed by atoms with van der Waals surface area (Å²) in [5.74, 6) is -1.18. The second-order valence-corrected chi connectivity index (χ2v) is 6.64. The molecule has 142 valence electrons. The zero-order chi connectivity index (χ0) is 20.1. The predicted molar refractivity (Wildman–Crippen MR) is 99.3 cm³/mol. The van der Waals surface area contributed by atoms with Crippen LogP contribution in [0.1, 0.15) is 20.7 Å². The van der Waals surface area contributed by atoms with Crippen molar-refractivity contribution in [1.29, 1.82) is 0 Å². The van der Waals surface area contributed by atoms with Crippen molar-refractivity contribution in [3.05, 3.63) is 76.1 Å². The molecule has 2 aromatic carbocycles. The number of rotatable bonds is 7. The molecule has 0 aliphatic carbocycles. The van der Waals surface area contributed by atoms with Gasteiger partial charge in [-0.1, -0.05) is 30.3 Å². The number of ether oxygens (including phenoxy) is 1. The lowest BCUT2D eigenvalue weighted by Crippen LogP contribution is -2.14. The molecule has 0 radical (unpaired) electrons. The Morgan fingerprint density at radius 2 is 1.93 bits per heavy atom. The summed E-state index contributed by atoms with van der Waals surface area (Å²) in [5.41, 5.74) is 0.128. The second-order valence-electron chi connectivity index (χ2n) is 5.63. The summed E-state index contributed by atoms with van der Waals surface area (Å²) < 4.78 is 6.62. The predicted octanol–water partition coefficient (Wildman–Crippen LogP) is 2.91. The molecule has 0 spiro atoms. The van der Waals surface area contributed by atoms with E-state index in [1.54, 1.807) is 41.9 Å². The first-order valence-corrected chi connectivity index (χ1v) is 8.83. The number of hydrogen-bond donors (Lipinski definition) is 0. The molecule has 0 saturated heterocycles. The lowest BCUT2D eigenvalue weighted by Gasteiger charge is -2.06. The Morgan fingerprint density at radius 3 is 2.57 bits per heavy atom. The Hall–Kier alpha value is -3.53. The molecule has 0 unspecified atom stereocenters. The molecular weight excluding hydrogens is 384 g/mol. The van der Waals surface area contributed by atoms with E-state index < -0.39 is 17.5 Å². The van der Waals surface area contributed by atoms with Gasteiger partial charge in [0.15, 0.2) is 17.5 Å². The molecule has 0 bridgehead atoms. The van der Waals surface area contributed by atoms with E-state index in [0.717, 1.165) is 17.8 Å². The van der Waals surface area contributed by atoms with Crippen LogP contribution < -0.4 is 0 Å². The lowest BCUT2D eigenvalue weighted by atomic mass is 10.1. The summed E-state index contributed by atoms with van der Waals surface area (Å²) in [7, 11) is 1.71. The van der Waals surface area contributed by atoms with Crippen LogP contribution in [-0.2, 0) is 11.8 Å². The fourth-order valence-electron chi connectivity index (χ4n) is 2.26. The first kappa shape index (κ1) is 19.2. The average Bonchev–Trinajstić information content (AvgIpc) is 3.11. The summed E-state index contributed by atoms with van der Waals surface area (Å²) in [6, 6.07) is 12.3. The minimum atomic E-state index is -0.817. The quantitative estimate of drug-likeness (QED) is 0.258. The van der Waals surface area contributed by atoms with Crippen molar-refractivity contribution in [3.8, 4) is 0 Å². The first-order valence-electron chi connectivity index (χ1n) is 8.01. The standard InChI is InChI=1S/C18H14N4O5S/c1-21-11-19-20-18(21)28-16-8-7-13(9-14(16)22(25)26)17(24)27-10-15(23)12-5-3-2-4-6-12/h2-9,11H,10H2,1H3. The van der Waals surface area contributed by atoms with E-state index in [2.05, 4.69) is 10.2 Å². The molecule has 0 N–H and O–H groups in total. The molecule has 1 heterocycles. The van der Waals surface area contributed by atoms with Crippen LogP contribution in [0.3, 0.4) is 0 Å². The summed E-state index contributed by atoms with van der Waals surface area (Å²) in [6.45, 7) is -0.452. The average molecular weight is 398 g/mol. The van der Waals surface area contributed by atoms with Crippen LogP contribution in [-0.4, -0.2) is 38.0 Å². The molecule has 0 fully saturated rings. The van der Waals surface area contributed by atoms with E-state index >= 15 is 0 Å². The number of nitro benzene ring substituents is 1. The van der Waals surface area contributed by atoms with E-state index in [0.29, 0.717) is 15.6 Å². The lowest BCUT2D eigenvalue weighted by molar-refractivity contribution is -0.387. The van der Waals surface area contributed by atoms with Crippen LogP contribution in [0.2, 0.25) is 0 Å². The smallest absolute Gasteiger partial charge is 0.338 e. The fourth-order valence-corrected chi connectivity index (χ4v) is 3.11. The van der Waals surface area contributed by atoms with Gasteiger partial charge in [-0.25, -0.2) is 4.79 Å². The number of ketones is 1. The molecule has 9 nitrogen and oxygen atoms in total. The number of aromatic nitrogens is 3. The van der Waals surface area contributed by atoms with Gasteiger partial charge >= 0.3 is 5.97 Å². The number of nitrogens with zero attached hydrogens (tertiary/aromatic N) is 4. The Kier molecular flexibility index (Phi) is 5.80. The van der Waals surface area contributed by atoms with Crippen molar-refractivity contribution in [2.75, 3.05) is 6.61 Å². The van der Waals surface area contributed by atoms with Crippen LogP contribution in [0.5, 0.6) is 0 Å².